The van der Waals surface area contributed by atoms with Crippen LogP contribution < -0.4 is 0 Å². The maximum Gasteiger partial charge on any atom is 0.310 e. The number of carbonyl (C=O) groups is 1. The highest BCUT2D eigenvalue weighted by Gasteiger charge is 2.43. The van der Waals surface area contributed by atoms with Crippen LogP contribution in [0.4, 0.5) is 0 Å². The first kappa shape index (κ1) is 11.8. The molecule has 6 heteroatoms. The van der Waals surface area contributed by atoms with E-state index in [4.69, 9.17) is 18.9 Å². The van der Waals surface area contributed by atoms with E-state index in [0.29, 0.717) is 13.2 Å². The van der Waals surface area contributed by atoms with Gasteiger partial charge in [-0.05, 0) is 6.92 Å². The van der Waals surface area contributed by atoms with Crippen molar-refractivity contribution in [1.82, 2.24) is 0 Å². The highest BCUT2D eigenvalue weighted by molar-refractivity contribution is 5.69. The van der Waals surface area contributed by atoms with Crippen molar-refractivity contribution >= 4 is 5.97 Å². The van der Waals surface area contributed by atoms with Crippen LogP contribution in [0.2, 0.25) is 0 Å². The fourth-order valence-electron chi connectivity index (χ4n) is 1.86. The Morgan fingerprint density at radius 3 is 3.00 bits per heavy atom. The minimum atomic E-state index is -0.642. The number of carbonyl (C=O) groups excluding carboxylic acids is 1. The summed E-state index contributed by atoms with van der Waals surface area (Å²) in [7, 11) is 0. The van der Waals surface area contributed by atoms with Gasteiger partial charge in [0.25, 0.3) is 0 Å². The first-order chi connectivity index (χ1) is 7.70. The Morgan fingerprint density at radius 1 is 1.44 bits per heavy atom. The zero-order valence-electron chi connectivity index (χ0n) is 9.13. The number of fused-ring (bicyclic) bond motifs is 1. The quantitative estimate of drug-likeness (QED) is 0.657. The standard InChI is InChI=1S/C10H16O6/c1-2-13-8(12)3-9-15-5-7-10(16-9)6(11)4-14-7/h6-7,9-11H,2-5H2,1H3/t6-,7+,9+,10+/m1/s1. The second kappa shape index (κ2) is 5.09. The molecule has 2 rings (SSSR count). The van der Waals surface area contributed by atoms with Gasteiger partial charge in [0.1, 0.15) is 18.3 Å². The van der Waals surface area contributed by atoms with Crippen molar-refractivity contribution in [3.05, 3.63) is 0 Å². The van der Waals surface area contributed by atoms with Crippen molar-refractivity contribution in [2.75, 3.05) is 19.8 Å². The lowest BCUT2D eigenvalue weighted by Gasteiger charge is -2.32. The van der Waals surface area contributed by atoms with Crippen LogP contribution in [0.15, 0.2) is 0 Å². The van der Waals surface area contributed by atoms with Gasteiger partial charge in [-0.1, -0.05) is 0 Å². The van der Waals surface area contributed by atoms with E-state index in [-0.39, 0.29) is 25.1 Å². The summed E-state index contributed by atoms with van der Waals surface area (Å²) in [5.74, 6) is -0.362. The Kier molecular flexibility index (Phi) is 3.75. The summed E-state index contributed by atoms with van der Waals surface area (Å²) in [6.07, 6.45) is -1.86. The van der Waals surface area contributed by atoms with E-state index in [1.165, 1.54) is 0 Å². The Hall–Kier alpha value is -0.690. The lowest BCUT2D eigenvalue weighted by atomic mass is 10.1. The highest BCUT2D eigenvalue weighted by atomic mass is 16.7. The molecule has 0 aromatic rings. The minimum Gasteiger partial charge on any atom is -0.466 e. The normalized spacial score (nSPS) is 38.1. The third-order valence-electron chi connectivity index (χ3n) is 2.62. The molecule has 2 fully saturated rings. The van der Waals surface area contributed by atoms with Gasteiger partial charge in [-0.25, -0.2) is 0 Å². The first-order valence-electron chi connectivity index (χ1n) is 5.43. The van der Waals surface area contributed by atoms with E-state index < -0.39 is 18.5 Å². The summed E-state index contributed by atoms with van der Waals surface area (Å²) in [5, 5.41) is 9.56. The zero-order valence-corrected chi connectivity index (χ0v) is 9.13. The van der Waals surface area contributed by atoms with Gasteiger partial charge in [0, 0.05) is 0 Å². The van der Waals surface area contributed by atoms with E-state index in [9.17, 15) is 9.90 Å². The maximum atomic E-state index is 11.2. The SMILES string of the molecule is CCOC(=O)C[C@H]1OC[C@@H]2OC[C@@H](O)[C@@H]2O1. The van der Waals surface area contributed by atoms with Crippen molar-refractivity contribution in [3.8, 4) is 0 Å². The molecule has 2 aliphatic heterocycles. The topological polar surface area (TPSA) is 74.2 Å². The number of hydrogen-bond donors (Lipinski definition) is 1. The molecule has 2 aliphatic rings. The molecule has 0 unspecified atom stereocenters. The van der Waals surface area contributed by atoms with Gasteiger partial charge in [-0.3, -0.25) is 4.79 Å². The second-order valence-corrected chi connectivity index (χ2v) is 3.81. The van der Waals surface area contributed by atoms with Crippen LogP contribution in [0.25, 0.3) is 0 Å². The fraction of sp³-hybridized carbons (Fsp3) is 0.900. The molecule has 2 saturated heterocycles. The van der Waals surface area contributed by atoms with Gasteiger partial charge in [-0.2, -0.15) is 0 Å². The summed E-state index contributed by atoms with van der Waals surface area (Å²) >= 11 is 0. The smallest absolute Gasteiger partial charge is 0.310 e. The molecule has 0 radical (unpaired) electrons. The van der Waals surface area contributed by atoms with Crippen molar-refractivity contribution in [2.45, 2.75) is 37.9 Å². The van der Waals surface area contributed by atoms with Gasteiger partial charge in [-0.15, -0.1) is 0 Å². The predicted octanol–water partition coefficient (Wildman–Crippen LogP) is -0.559. The summed E-state index contributed by atoms with van der Waals surface area (Å²) < 4.78 is 20.8. The van der Waals surface area contributed by atoms with Crippen LogP contribution in [0.1, 0.15) is 13.3 Å². The minimum absolute atomic E-state index is 0.0454. The monoisotopic (exact) mass is 232 g/mol. The van der Waals surface area contributed by atoms with Gasteiger partial charge in [0.15, 0.2) is 6.29 Å². The van der Waals surface area contributed by atoms with Crippen LogP contribution in [-0.2, 0) is 23.7 Å². The van der Waals surface area contributed by atoms with E-state index in [1.54, 1.807) is 6.92 Å². The molecular formula is C10H16O6. The molecular weight excluding hydrogens is 216 g/mol. The number of hydrogen-bond acceptors (Lipinski definition) is 6. The molecule has 0 aromatic carbocycles. The van der Waals surface area contributed by atoms with Crippen molar-refractivity contribution in [1.29, 1.82) is 0 Å². The number of rotatable bonds is 3. The average molecular weight is 232 g/mol. The molecule has 0 aliphatic carbocycles. The Bertz CT molecular complexity index is 256. The molecule has 0 aromatic heterocycles. The Morgan fingerprint density at radius 2 is 2.25 bits per heavy atom. The fourth-order valence-corrected chi connectivity index (χ4v) is 1.86. The van der Waals surface area contributed by atoms with Crippen LogP contribution in [0.3, 0.4) is 0 Å². The first-order valence-corrected chi connectivity index (χ1v) is 5.43. The van der Waals surface area contributed by atoms with Gasteiger partial charge in [0.2, 0.25) is 0 Å². The van der Waals surface area contributed by atoms with Crippen LogP contribution in [0.5, 0.6) is 0 Å². The van der Waals surface area contributed by atoms with Crippen molar-refractivity contribution < 1.29 is 28.8 Å². The summed E-state index contributed by atoms with van der Waals surface area (Å²) in [4.78, 5) is 11.2. The van der Waals surface area contributed by atoms with E-state index in [1.807, 2.05) is 0 Å². The van der Waals surface area contributed by atoms with E-state index in [2.05, 4.69) is 0 Å². The summed E-state index contributed by atoms with van der Waals surface area (Å²) in [6.45, 7) is 2.67. The number of aliphatic hydroxyl groups excluding tert-OH is 1. The van der Waals surface area contributed by atoms with Gasteiger partial charge >= 0.3 is 5.97 Å². The number of ether oxygens (including phenoxy) is 4. The molecule has 4 atom stereocenters. The summed E-state index contributed by atoms with van der Waals surface area (Å²) in [6, 6.07) is 0. The lowest BCUT2D eigenvalue weighted by Crippen LogP contribution is -2.46. The van der Waals surface area contributed by atoms with E-state index in [0.717, 1.165) is 0 Å². The van der Waals surface area contributed by atoms with Crippen LogP contribution >= 0.6 is 0 Å². The van der Waals surface area contributed by atoms with Crippen molar-refractivity contribution in [2.24, 2.45) is 0 Å². The van der Waals surface area contributed by atoms with Crippen molar-refractivity contribution in [3.63, 3.8) is 0 Å². The molecule has 16 heavy (non-hydrogen) atoms. The molecule has 0 spiro atoms. The maximum absolute atomic E-state index is 11.2. The van der Waals surface area contributed by atoms with Crippen LogP contribution in [0, 0.1) is 0 Å². The Labute approximate surface area is 93.4 Å². The molecule has 0 bridgehead atoms. The lowest BCUT2D eigenvalue weighted by molar-refractivity contribution is -0.250. The van der Waals surface area contributed by atoms with Gasteiger partial charge < -0.3 is 24.1 Å². The largest absolute Gasteiger partial charge is 0.466 e. The van der Waals surface area contributed by atoms with Gasteiger partial charge in [0.05, 0.1) is 26.2 Å². The molecule has 92 valence electrons. The van der Waals surface area contributed by atoms with Crippen LogP contribution in [-0.4, -0.2) is 55.5 Å². The predicted molar refractivity (Wildman–Crippen MR) is 51.6 cm³/mol. The molecule has 6 nitrogen and oxygen atoms in total. The second-order valence-electron chi connectivity index (χ2n) is 3.81. The summed E-state index contributed by atoms with van der Waals surface area (Å²) in [5.41, 5.74) is 0. The average Bonchev–Trinajstić information content (AvgIpc) is 2.61. The Balaban J connectivity index is 1.83. The highest BCUT2D eigenvalue weighted by Crippen LogP contribution is 2.25. The zero-order chi connectivity index (χ0) is 11.5. The molecule has 1 N–H and O–H groups in total. The number of aliphatic hydroxyl groups is 1. The molecule has 0 saturated carbocycles. The molecule has 2 heterocycles. The third kappa shape index (κ3) is 2.52. The number of esters is 1. The third-order valence-corrected chi connectivity index (χ3v) is 2.62. The van der Waals surface area contributed by atoms with E-state index >= 15 is 0 Å². The molecule has 0 amide bonds.